The van der Waals surface area contributed by atoms with E-state index < -0.39 is 0 Å². The lowest BCUT2D eigenvalue weighted by molar-refractivity contribution is -0.115. The molecular formula is C26H28N2O2. The van der Waals surface area contributed by atoms with Crippen LogP contribution in [0.3, 0.4) is 0 Å². The summed E-state index contributed by atoms with van der Waals surface area (Å²) in [7, 11) is 0. The van der Waals surface area contributed by atoms with Crippen molar-refractivity contribution in [2.45, 2.75) is 25.7 Å². The highest BCUT2D eigenvalue weighted by molar-refractivity contribution is 5.94. The number of hydrogen-bond donors (Lipinski definition) is 1. The number of aryl methyl sites for hydroxylation is 2. The summed E-state index contributed by atoms with van der Waals surface area (Å²) in [6.45, 7) is 1.92. The summed E-state index contributed by atoms with van der Waals surface area (Å²) in [6, 6.07) is 26.4. The molecule has 4 rings (SSSR count). The van der Waals surface area contributed by atoms with E-state index in [1.54, 1.807) is 0 Å². The molecule has 0 bridgehead atoms. The van der Waals surface area contributed by atoms with Gasteiger partial charge in [-0.1, -0.05) is 54.6 Å². The number of hydrogen-bond acceptors (Lipinski definition) is 3. The highest BCUT2D eigenvalue weighted by Gasteiger charge is 2.18. The van der Waals surface area contributed by atoms with Gasteiger partial charge >= 0.3 is 0 Å². The van der Waals surface area contributed by atoms with Gasteiger partial charge in [0.15, 0.2) is 0 Å². The zero-order valence-electron chi connectivity index (χ0n) is 17.2. The fourth-order valence-corrected chi connectivity index (χ4v) is 3.92. The lowest BCUT2D eigenvalue weighted by atomic mass is 10.0. The largest absolute Gasteiger partial charge is 0.494 e. The van der Waals surface area contributed by atoms with Crippen LogP contribution < -0.4 is 15.0 Å². The Morgan fingerprint density at radius 2 is 1.80 bits per heavy atom. The van der Waals surface area contributed by atoms with Crippen LogP contribution in [0.15, 0.2) is 78.9 Å². The maximum atomic E-state index is 12.6. The van der Waals surface area contributed by atoms with Gasteiger partial charge < -0.3 is 15.0 Å². The number of amides is 1. The smallest absolute Gasteiger partial charge is 0.243 e. The molecule has 1 amide bonds. The molecule has 0 fully saturated rings. The number of benzene rings is 3. The zero-order chi connectivity index (χ0) is 20.6. The Hall–Kier alpha value is -3.27. The fraction of sp³-hybridized carbons (Fsp3) is 0.269. The van der Waals surface area contributed by atoms with Gasteiger partial charge in [-0.2, -0.15) is 0 Å². The number of nitrogens with zero attached hydrogens (tertiary/aromatic N) is 1. The lowest BCUT2D eigenvalue weighted by Gasteiger charge is -2.30. The molecule has 1 aliphatic rings. The quantitative estimate of drug-likeness (QED) is 0.536. The second-order valence-corrected chi connectivity index (χ2v) is 7.67. The van der Waals surface area contributed by atoms with Gasteiger partial charge in [0.2, 0.25) is 5.91 Å². The lowest BCUT2D eigenvalue weighted by Crippen LogP contribution is -2.36. The molecule has 1 N–H and O–H groups in total. The van der Waals surface area contributed by atoms with Crippen LogP contribution in [0.25, 0.3) is 0 Å². The summed E-state index contributed by atoms with van der Waals surface area (Å²) < 4.78 is 5.88. The van der Waals surface area contributed by atoms with Gasteiger partial charge in [0, 0.05) is 24.0 Å². The Balaban J connectivity index is 1.27. The predicted octanol–water partition coefficient (Wildman–Crippen LogP) is 5.09. The van der Waals surface area contributed by atoms with E-state index in [9.17, 15) is 4.79 Å². The highest BCUT2D eigenvalue weighted by Crippen LogP contribution is 2.26. The molecule has 0 saturated heterocycles. The van der Waals surface area contributed by atoms with Gasteiger partial charge in [-0.3, -0.25) is 4.79 Å². The average molecular weight is 401 g/mol. The molecule has 3 aromatic rings. The number of ether oxygens (including phenoxy) is 1. The van der Waals surface area contributed by atoms with Crippen LogP contribution in [-0.2, 0) is 17.6 Å². The van der Waals surface area contributed by atoms with E-state index in [-0.39, 0.29) is 5.91 Å². The highest BCUT2D eigenvalue weighted by atomic mass is 16.5. The molecule has 4 heteroatoms. The molecule has 1 heterocycles. The molecule has 0 spiro atoms. The first kappa shape index (κ1) is 20.0. The van der Waals surface area contributed by atoms with Crippen molar-refractivity contribution < 1.29 is 9.53 Å². The summed E-state index contributed by atoms with van der Waals surface area (Å²) in [6.07, 6.45) is 4.11. The van der Waals surface area contributed by atoms with E-state index in [0.29, 0.717) is 13.2 Å². The molecule has 0 atom stereocenters. The third kappa shape index (κ3) is 5.41. The molecular weight excluding hydrogens is 372 g/mol. The van der Waals surface area contributed by atoms with Crippen LogP contribution in [0.5, 0.6) is 5.75 Å². The standard InChI is InChI=1S/C26H28N2O2/c29-26(20-28-17-7-13-22-12-4-5-16-25(22)28)27-23-14-6-15-24(19-23)30-18-8-11-21-9-2-1-3-10-21/h1-6,9-10,12,14-16,19H,7-8,11,13,17-18,20H2,(H,27,29). The normalized spacial score (nSPS) is 12.9. The third-order valence-electron chi connectivity index (χ3n) is 5.38. The van der Waals surface area contributed by atoms with Crippen LogP contribution in [0.2, 0.25) is 0 Å². The minimum Gasteiger partial charge on any atom is -0.494 e. The topological polar surface area (TPSA) is 41.6 Å². The molecule has 3 aromatic carbocycles. The Labute approximate surface area is 178 Å². The number of carbonyl (C=O) groups is 1. The minimum absolute atomic E-state index is 0.00655. The van der Waals surface area contributed by atoms with Crippen LogP contribution in [0, 0.1) is 0 Å². The fourth-order valence-electron chi connectivity index (χ4n) is 3.92. The average Bonchev–Trinajstić information content (AvgIpc) is 2.78. The molecule has 1 aliphatic heterocycles. The third-order valence-corrected chi connectivity index (χ3v) is 5.38. The number of rotatable bonds is 8. The van der Waals surface area contributed by atoms with E-state index in [0.717, 1.165) is 43.7 Å². The van der Waals surface area contributed by atoms with Gasteiger partial charge in [-0.15, -0.1) is 0 Å². The van der Waals surface area contributed by atoms with E-state index in [2.05, 4.69) is 52.7 Å². The van der Waals surface area contributed by atoms with Gasteiger partial charge in [-0.05, 0) is 55.0 Å². The number of fused-ring (bicyclic) bond motifs is 1. The summed E-state index contributed by atoms with van der Waals surface area (Å²) in [5.41, 5.74) is 4.59. The summed E-state index contributed by atoms with van der Waals surface area (Å²) in [5, 5.41) is 3.02. The van der Waals surface area contributed by atoms with Crippen molar-refractivity contribution in [1.29, 1.82) is 0 Å². The van der Waals surface area contributed by atoms with Crippen molar-refractivity contribution >= 4 is 17.3 Å². The Kier molecular flexibility index (Phi) is 6.65. The Bertz CT molecular complexity index is 972. The van der Waals surface area contributed by atoms with Gasteiger partial charge in [0.25, 0.3) is 0 Å². The van der Waals surface area contributed by atoms with Crippen molar-refractivity contribution in [3.63, 3.8) is 0 Å². The molecule has 4 nitrogen and oxygen atoms in total. The summed E-state index contributed by atoms with van der Waals surface area (Å²) in [4.78, 5) is 14.8. The minimum atomic E-state index is -0.00655. The predicted molar refractivity (Wildman–Crippen MR) is 122 cm³/mol. The van der Waals surface area contributed by atoms with Crippen molar-refractivity contribution in [2.24, 2.45) is 0 Å². The van der Waals surface area contributed by atoms with Crippen molar-refractivity contribution in [2.75, 3.05) is 29.9 Å². The number of nitrogens with one attached hydrogen (secondary N) is 1. The van der Waals surface area contributed by atoms with Crippen LogP contribution in [0.1, 0.15) is 24.0 Å². The van der Waals surface area contributed by atoms with Crippen LogP contribution in [0.4, 0.5) is 11.4 Å². The second-order valence-electron chi connectivity index (χ2n) is 7.67. The van der Waals surface area contributed by atoms with Gasteiger partial charge in [0.05, 0.1) is 13.2 Å². The Morgan fingerprint density at radius 3 is 2.70 bits per heavy atom. The Morgan fingerprint density at radius 1 is 0.967 bits per heavy atom. The zero-order valence-corrected chi connectivity index (χ0v) is 17.2. The van der Waals surface area contributed by atoms with E-state index >= 15 is 0 Å². The molecule has 0 saturated carbocycles. The summed E-state index contributed by atoms with van der Waals surface area (Å²) in [5.74, 6) is 0.775. The van der Waals surface area contributed by atoms with E-state index in [1.807, 2.05) is 36.4 Å². The van der Waals surface area contributed by atoms with Gasteiger partial charge in [0.1, 0.15) is 5.75 Å². The van der Waals surface area contributed by atoms with Crippen LogP contribution in [-0.4, -0.2) is 25.6 Å². The molecule has 0 aliphatic carbocycles. The molecule has 0 radical (unpaired) electrons. The van der Waals surface area contributed by atoms with Crippen molar-refractivity contribution in [3.05, 3.63) is 90.0 Å². The van der Waals surface area contributed by atoms with Crippen molar-refractivity contribution in [1.82, 2.24) is 0 Å². The van der Waals surface area contributed by atoms with E-state index in [4.69, 9.17) is 4.74 Å². The molecule has 30 heavy (non-hydrogen) atoms. The maximum absolute atomic E-state index is 12.6. The van der Waals surface area contributed by atoms with Gasteiger partial charge in [-0.25, -0.2) is 0 Å². The maximum Gasteiger partial charge on any atom is 0.243 e. The first-order valence-electron chi connectivity index (χ1n) is 10.7. The van der Waals surface area contributed by atoms with Crippen molar-refractivity contribution in [3.8, 4) is 5.75 Å². The SMILES string of the molecule is O=C(CN1CCCc2ccccc21)Nc1cccc(OCCCc2ccccc2)c1. The second kappa shape index (κ2) is 9.97. The first-order chi connectivity index (χ1) is 14.8. The molecule has 154 valence electrons. The number of carbonyl (C=O) groups excluding carboxylic acids is 1. The molecule has 0 aromatic heterocycles. The number of anilines is 2. The first-order valence-corrected chi connectivity index (χ1v) is 10.7. The van der Waals surface area contributed by atoms with E-state index in [1.165, 1.54) is 16.8 Å². The molecule has 0 unspecified atom stereocenters. The monoisotopic (exact) mass is 400 g/mol. The van der Waals surface area contributed by atoms with Crippen LogP contribution >= 0.6 is 0 Å². The number of para-hydroxylation sites is 1. The summed E-state index contributed by atoms with van der Waals surface area (Å²) >= 11 is 0.